The minimum atomic E-state index is -4.14. The molecule has 0 aromatic heterocycles. The van der Waals surface area contributed by atoms with Gasteiger partial charge in [-0.3, -0.25) is 9.59 Å². The predicted molar refractivity (Wildman–Crippen MR) is 42.4 cm³/mol. The Morgan fingerprint density at radius 3 is 2.27 bits per heavy atom. The molecule has 0 rings (SSSR count). The maximum absolute atomic E-state index is 12.3. The summed E-state index contributed by atoms with van der Waals surface area (Å²) in [6, 6.07) is 0. The number of nitrogens with two attached hydrogens (primary N) is 1. The highest BCUT2D eigenvalue weighted by molar-refractivity contribution is 5.95. The fraction of sp³-hybridized carbons (Fsp3) is 0.714. The van der Waals surface area contributed by atoms with Gasteiger partial charge in [0, 0.05) is 13.0 Å². The summed E-state index contributed by atoms with van der Waals surface area (Å²) < 4.78 is 47.8. The quantitative estimate of drug-likeness (QED) is 0.507. The average Bonchev–Trinajstić information content (AvgIpc) is 2.01. The van der Waals surface area contributed by atoms with Crippen LogP contribution in [0.5, 0.6) is 0 Å². The van der Waals surface area contributed by atoms with Crippen LogP contribution in [0.15, 0.2) is 0 Å². The third kappa shape index (κ3) is 5.87. The van der Waals surface area contributed by atoms with E-state index in [9.17, 15) is 27.2 Å². The fourth-order valence-electron chi connectivity index (χ4n) is 0.698. The molecule has 0 heterocycles. The number of carbonyl (C=O) groups excluding carboxylic acids is 2. The van der Waals surface area contributed by atoms with Gasteiger partial charge in [0.25, 0.3) is 0 Å². The van der Waals surface area contributed by atoms with Gasteiger partial charge in [-0.1, -0.05) is 0 Å². The molecule has 0 unspecified atom stereocenters. The molecule has 88 valence electrons. The summed E-state index contributed by atoms with van der Waals surface area (Å²) >= 11 is 0. The molecular formula is C7H10F4N2O2. The Bertz CT molecular complexity index is 245. The van der Waals surface area contributed by atoms with Crippen LogP contribution in [0.1, 0.15) is 12.8 Å². The standard InChI is InChI=1S/C7H10F4N2O2/c8-6(9)7(10,11)1-2-13-5(15)3-4(12)14/h6H,1-3H2,(H2,12,14)(H,13,15). The molecule has 0 spiro atoms. The van der Waals surface area contributed by atoms with Crippen LogP contribution in [0.25, 0.3) is 0 Å². The molecule has 2 amide bonds. The average molecular weight is 230 g/mol. The molecule has 0 aromatic rings. The number of alkyl halides is 4. The van der Waals surface area contributed by atoms with Crippen molar-refractivity contribution in [2.45, 2.75) is 25.2 Å². The molecule has 0 aliphatic rings. The lowest BCUT2D eigenvalue weighted by Gasteiger charge is -2.14. The van der Waals surface area contributed by atoms with Gasteiger partial charge in [-0.05, 0) is 0 Å². The Balaban J connectivity index is 3.79. The first-order valence-electron chi connectivity index (χ1n) is 3.96. The molecule has 0 bridgehead atoms. The molecule has 8 heteroatoms. The molecule has 0 aliphatic heterocycles. The van der Waals surface area contributed by atoms with Crippen LogP contribution in [0.2, 0.25) is 0 Å². The highest BCUT2D eigenvalue weighted by atomic mass is 19.3. The number of amides is 2. The second-order valence-corrected chi connectivity index (χ2v) is 2.80. The molecule has 15 heavy (non-hydrogen) atoms. The monoisotopic (exact) mass is 230 g/mol. The van der Waals surface area contributed by atoms with E-state index in [-0.39, 0.29) is 0 Å². The number of rotatable bonds is 6. The van der Waals surface area contributed by atoms with E-state index in [1.807, 2.05) is 5.32 Å². The first kappa shape index (κ1) is 13.7. The van der Waals surface area contributed by atoms with Crippen molar-refractivity contribution in [3.8, 4) is 0 Å². The minimum absolute atomic E-state index is 0.635. The summed E-state index contributed by atoms with van der Waals surface area (Å²) in [5.41, 5.74) is 4.63. The van der Waals surface area contributed by atoms with Crippen molar-refractivity contribution in [1.82, 2.24) is 5.32 Å². The zero-order chi connectivity index (χ0) is 12.1. The molecule has 0 saturated carbocycles. The van der Waals surface area contributed by atoms with Crippen molar-refractivity contribution in [3.05, 3.63) is 0 Å². The summed E-state index contributed by atoms with van der Waals surface area (Å²) in [6.07, 6.45) is -5.61. The van der Waals surface area contributed by atoms with Gasteiger partial charge in [0.2, 0.25) is 11.8 Å². The lowest BCUT2D eigenvalue weighted by atomic mass is 10.2. The SMILES string of the molecule is NC(=O)CC(=O)NCCC(F)(F)C(F)F. The highest BCUT2D eigenvalue weighted by Crippen LogP contribution is 2.25. The summed E-state index contributed by atoms with van der Waals surface area (Å²) in [7, 11) is 0. The van der Waals surface area contributed by atoms with Crippen LogP contribution in [-0.2, 0) is 9.59 Å². The zero-order valence-electron chi connectivity index (χ0n) is 7.60. The van der Waals surface area contributed by atoms with Crippen molar-refractivity contribution < 1.29 is 27.2 Å². The van der Waals surface area contributed by atoms with Gasteiger partial charge in [-0.15, -0.1) is 0 Å². The number of carbonyl (C=O) groups is 2. The molecular weight excluding hydrogens is 220 g/mol. The number of hydrogen-bond donors (Lipinski definition) is 2. The first-order valence-corrected chi connectivity index (χ1v) is 3.96. The van der Waals surface area contributed by atoms with Gasteiger partial charge in [0.05, 0.1) is 0 Å². The Kier molecular flexibility index (Phi) is 5.03. The van der Waals surface area contributed by atoms with Gasteiger partial charge >= 0.3 is 12.3 Å². The molecule has 0 saturated heterocycles. The van der Waals surface area contributed by atoms with Crippen molar-refractivity contribution in [3.63, 3.8) is 0 Å². The number of primary amides is 1. The van der Waals surface area contributed by atoms with E-state index in [4.69, 9.17) is 0 Å². The summed E-state index contributed by atoms with van der Waals surface area (Å²) in [6.45, 7) is -0.635. The fourth-order valence-corrected chi connectivity index (χ4v) is 0.698. The van der Waals surface area contributed by atoms with Gasteiger partial charge in [-0.2, -0.15) is 0 Å². The minimum Gasteiger partial charge on any atom is -0.369 e. The number of nitrogens with one attached hydrogen (secondary N) is 1. The lowest BCUT2D eigenvalue weighted by Crippen LogP contribution is -2.35. The Hall–Kier alpha value is -1.34. The summed E-state index contributed by atoms with van der Waals surface area (Å²) in [4.78, 5) is 20.8. The van der Waals surface area contributed by atoms with Crippen LogP contribution in [0, 0.1) is 0 Å². The maximum atomic E-state index is 12.3. The molecule has 0 aliphatic carbocycles. The molecule has 0 radical (unpaired) electrons. The number of hydrogen-bond acceptors (Lipinski definition) is 2. The Morgan fingerprint density at radius 1 is 1.33 bits per heavy atom. The van der Waals surface area contributed by atoms with E-state index in [2.05, 4.69) is 5.73 Å². The summed E-state index contributed by atoms with van der Waals surface area (Å²) in [5, 5.41) is 1.87. The Morgan fingerprint density at radius 2 is 1.87 bits per heavy atom. The third-order valence-corrected chi connectivity index (χ3v) is 1.43. The second-order valence-electron chi connectivity index (χ2n) is 2.80. The topological polar surface area (TPSA) is 72.2 Å². The van der Waals surface area contributed by atoms with E-state index >= 15 is 0 Å². The van der Waals surface area contributed by atoms with E-state index in [1.165, 1.54) is 0 Å². The predicted octanol–water partition coefficient (Wildman–Crippen LogP) is 0.268. The normalized spacial score (nSPS) is 11.5. The van der Waals surface area contributed by atoms with Crippen LogP contribution in [-0.4, -0.2) is 30.7 Å². The molecule has 4 nitrogen and oxygen atoms in total. The molecule has 0 atom stereocenters. The zero-order valence-corrected chi connectivity index (χ0v) is 7.60. The number of halogens is 4. The van der Waals surface area contributed by atoms with Crippen molar-refractivity contribution in [2.75, 3.05) is 6.54 Å². The Labute approximate surface area is 82.8 Å². The van der Waals surface area contributed by atoms with Crippen LogP contribution in [0.4, 0.5) is 17.6 Å². The van der Waals surface area contributed by atoms with E-state index < -0.39 is 43.5 Å². The second kappa shape index (κ2) is 5.52. The molecule has 0 fully saturated rings. The van der Waals surface area contributed by atoms with Gasteiger partial charge < -0.3 is 11.1 Å². The van der Waals surface area contributed by atoms with Crippen LogP contribution in [0.3, 0.4) is 0 Å². The van der Waals surface area contributed by atoms with E-state index in [0.29, 0.717) is 0 Å². The van der Waals surface area contributed by atoms with Crippen LogP contribution >= 0.6 is 0 Å². The van der Waals surface area contributed by atoms with E-state index in [1.54, 1.807) is 0 Å². The first-order chi connectivity index (χ1) is 6.75. The van der Waals surface area contributed by atoms with Crippen molar-refractivity contribution in [1.29, 1.82) is 0 Å². The highest BCUT2D eigenvalue weighted by Gasteiger charge is 2.39. The smallest absolute Gasteiger partial charge is 0.309 e. The van der Waals surface area contributed by atoms with Crippen molar-refractivity contribution >= 4 is 11.8 Å². The summed E-state index contributed by atoms with van der Waals surface area (Å²) in [5.74, 6) is -5.93. The van der Waals surface area contributed by atoms with Crippen molar-refractivity contribution in [2.24, 2.45) is 5.73 Å². The maximum Gasteiger partial charge on any atom is 0.309 e. The third-order valence-electron chi connectivity index (χ3n) is 1.43. The van der Waals surface area contributed by atoms with Gasteiger partial charge in [-0.25, -0.2) is 17.6 Å². The molecule has 3 N–H and O–H groups in total. The van der Waals surface area contributed by atoms with Gasteiger partial charge in [0.1, 0.15) is 6.42 Å². The largest absolute Gasteiger partial charge is 0.369 e. The van der Waals surface area contributed by atoms with Gasteiger partial charge in [0.15, 0.2) is 0 Å². The van der Waals surface area contributed by atoms with E-state index in [0.717, 1.165) is 0 Å². The van der Waals surface area contributed by atoms with Crippen LogP contribution < -0.4 is 11.1 Å². The molecule has 0 aromatic carbocycles. The lowest BCUT2D eigenvalue weighted by molar-refractivity contribution is -0.135.